The van der Waals surface area contributed by atoms with Crippen molar-refractivity contribution in [2.45, 2.75) is 58.1 Å². The number of halogens is 1. The van der Waals surface area contributed by atoms with Crippen LogP contribution in [-0.2, 0) is 11.2 Å². The lowest BCUT2D eigenvalue weighted by Gasteiger charge is -2.63. The summed E-state index contributed by atoms with van der Waals surface area (Å²) in [6, 6.07) is 0.548. The lowest BCUT2D eigenvalue weighted by atomic mass is 9.46. The Balaban J connectivity index is 0.00000205. The number of fused-ring (bicyclic) bond motifs is 2. The molecular formula is C20H33IN6OS. The zero-order valence-electron chi connectivity index (χ0n) is 17.5. The van der Waals surface area contributed by atoms with Crippen LogP contribution in [0, 0.1) is 11.3 Å². The molecule has 0 radical (unpaired) electrons. The molecule has 0 bridgehead atoms. The molecule has 0 aromatic carbocycles. The number of aliphatic imine (C=N–C) groups is 1. The van der Waals surface area contributed by atoms with Crippen molar-refractivity contribution in [1.82, 2.24) is 19.6 Å². The number of anilines is 1. The number of guanidine groups is 1. The molecule has 7 nitrogen and oxygen atoms in total. The molecule has 9 heteroatoms. The summed E-state index contributed by atoms with van der Waals surface area (Å²) in [5.41, 5.74) is 0.389. The molecule has 4 aliphatic rings. The van der Waals surface area contributed by atoms with Crippen LogP contribution in [0.3, 0.4) is 0 Å². The van der Waals surface area contributed by atoms with Crippen LogP contribution in [0.25, 0.3) is 0 Å². The maximum absolute atomic E-state index is 6.09. The summed E-state index contributed by atoms with van der Waals surface area (Å²) in [6.07, 6.45) is 6.59. The fourth-order valence-corrected chi connectivity index (χ4v) is 6.41. The van der Waals surface area contributed by atoms with Crippen LogP contribution in [0.15, 0.2) is 4.99 Å². The molecule has 0 amide bonds. The van der Waals surface area contributed by atoms with Crippen LogP contribution in [0.5, 0.6) is 0 Å². The number of ether oxygens (including phenoxy) is 1. The standard InChI is InChI=1S/C20H32N6OS.HI/c1-3-15-22-19(28-24-15)26-11-9-25(10-12-26)18(21-4-2)23-16-14-6-13-27-17(14)20(16)7-5-8-20;/h14,16-17H,3-13H2,1-2H3,(H,21,23);1H. The van der Waals surface area contributed by atoms with Gasteiger partial charge in [0.1, 0.15) is 5.82 Å². The molecule has 2 saturated heterocycles. The second-order valence-electron chi connectivity index (χ2n) is 8.57. The van der Waals surface area contributed by atoms with Gasteiger partial charge in [0.05, 0.1) is 6.10 Å². The number of hydrogen-bond acceptors (Lipinski definition) is 6. The van der Waals surface area contributed by atoms with Crippen LogP contribution in [0.4, 0.5) is 5.13 Å². The van der Waals surface area contributed by atoms with E-state index >= 15 is 0 Å². The third-order valence-corrected chi connectivity index (χ3v) is 8.07. The molecule has 4 fully saturated rings. The molecule has 1 N–H and O–H groups in total. The van der Waals surface area contributed by atoms with Crippen molar-refractivity contribution in [1.29, 1.82) is 0 Å². The summed E-state index contributed by atoms with van der Waals surface area (Å²) in [7, 11) is 0. The number of nitrogens with one attached hydrogen (secondary N) is 1. The Kier molecular flexibility index (Phi) is 6.55. The zero-order valence-corrected chi connectivity index (χ0v) is 20.6. The number of nitrogens with zero attached hydrogens (tertiary/aromatic N) is 5. The molecule has 2 aliphatic carbocycles. The number of rotatable bonds is 4. The fraction of sp³-hybridized carbons (Fsp3) is 0.850. The summed E-state index contributed by atoms with van der Waals surface area (Å²) in [5, 5.41) is 4.97. The van der Waals surface area contributed by atoms with E-state index in [1.54, 1.807) is 0 Å². The van der Waals surface area contributed by atoms with E-state index in [9.17, 15) is 0 Å². The SMILES string of the molecule is CCN=C(NC1C2CCOC2C12CCC2)N1CCN(c2nc(CC)ns2)CC1.I. The minimum Gasteiger partial charge on any atom is -0.377 e. The monoisotopic (exact) mass is 532 g/mol. The maximum Gasteiger partial charge on any atom is 0.205 e. The third kappa shape index (κ3) is 3.64. The van der Waals surface area contributed by atoms with Crippen molar-refractivity contribution >= 4 is 46.6 Å². The van der Waals surface area contributed by atoms with Crippen LogP contribution in [-0.4, -0.2) is 71.7 Å². The van der Waals surface area contributed by atoms with E-state index in [4.69, 9.17) is 9.73 Å². The molecule has 29 heavy (non-hydrogen) atoms. The van der Waals surface area contributed by atoms with Crippen LogP contribution in [0.2, 0.25) is 0 Å². The largest absolute Gasteiger partial charge is 0.377 e. The Hall–Kier alpha value is -0.680. The van der Waals surface area contributed by atoms with Crippen molar-refractivity contribution in [3.05, 3.63) is 5.82 Å². The Morgan fingerprint density at radius 2 is 2.07 bits per heavy atom. The van der Waals surface area contributed by atoms with Gasteiger partial charge >= 0.3 is 0 Å². The highest BCUT2D eigenvalue weighted by Gasteiger charge is 2.66. The van der Waals surface area contributed by atoms with E-state index in [1.807, 2.05) is 0 Å². The molecule has 1 spiro atoms. The van der Waals surface area contributed by atoms with Crippen molar-refractivity contribution in [2.75, 3.05) is 44.2 Å². The Morgan fingerprint density at radius 1 is 1.28 bits per heavy atom. The van der Waals surface area contributed by atoms with Gasteiger partial charge in [-0.05, 0) is 26.2 Å². The highest BCUT2D eigenvalue weighted by atomic mass is 127. The van der Waals surface area contributed by atoms with Crippen LogP contribution < -0.4 is 10.2 Å². The minimum atomic E-state index is 0. The molecular weight excluding hydrogens is 499 g/mol. The third-order valence-electron chi connectivity index (χ3n) is 7.25. The molecule has 1 aromatic rings. The van der Waals surface area contributed by atoms with Crippen molar-refractivity contribution in [3.63, 3.8) is 0 Å². The normalized spacial score (nSPS) is 30.4. The summed E-state index contributed by atoms with van der Waals surface area (Å²) in [5.74, 6) is 2.74. The van der Waals surface area contributed by atoms with Gasteiger partial charge < -0.3 is 19.9 Å². The van der Waals surface area contributed by atoms with E-state index in [0.717, 1.165) is 62.7 Å². The van der Waals surface area contributed by atoms with Crippen molar-refractivity contribution < 1.29 is 4.74 Å². The summed E-state index contributed by atoms with van der Waals surface area (Å²) < 4.78 is 10.5. The highest BCUT2D eigenvalue weighted by Crippen LogP contribution is 2.62. The first-order valence-electron chi connectivity index (χ1n) is 11.0. The van der Waals surface area contributed by atoms with Gasteiger partial charge in [-0.2, -0.15) is 4.37 Å². The summed E-state index contributed by atoms with van der Waals surface area (Å²) in [4.78, 5) is 14.3. The summed E-state index contributed by atoms with van der Waals surface area (Å²) in [6.45, 7) is 9.93. The molecule has 1 aromatic heterocycles. The Morgan fingerprint density at radius 3 is 2.69 bits per heavy atom. The topological polar surface area (TPSA) is 65.9 Å². The van der Waals surface area contributed by atoms with E-state index in [2.05, 4.69) is 38.3 Å². The summed E-state index contributed by atoms with van der Waals surface area (Å²) >= 11 is 1.53. The number of aryl methyl sites for hydroxylation is 1. The van der Waals surface area contributed by atoms with Gasteiger partial charge in [-0.1, -0.05) is 13.3 Å². The highest BCUT2D eigenvalue weighted by molar-refractivity contribution is 14.0. The second-order valence-corrected chi connectivity index (χ2v) is 9.30. The number of aromatic nitrogens is 2. The average molecular weight is 532 g/mol. The average Bonchev–Trinajstić information content (AvgIpc) is 3.32. The lowest BCUT2D eigenvalue weighted by Crippen LogP contribution is -2.73. The first-order chi connectivity index (χ1) is 13.7. The van der Waals surface area contributed by atoms with Gasteiger partial charge in [0, 0.05) is 74.7 Å². The van der Waals surface area contributed by atoms with Gasteiger partial charge in [0.25, 0.3) is 0 Å². The molecule has 2 saturated carbocycles. The quantitative estimate of drug-likeness (QED) is 0.366. The predicted molar refractivity (Wildman–Crippen MR) is 128 cm³/mol. The maximum atomic E-state index is 6.09. The minimum absolute atomic E-state index is 0. The first kappa shape index (κ1) is 21.5. The van der Waals surface area contributed by atoms with Crippen LogP contribution in [0.1, 0.15) is 45.4 Å². The predicted octanol–water partition coefficient (Wildman–Crippen LogP) is 2.76. The Bertz CT molecular complexity index is 730. The Labute approximate surface area is 194 Å². The van der Waals surface area contributed by atoms with Gasteiger partial charge in [0.15, 0.2) is 5.96 Å². The lowest BCUT2D eigenvalue weighted by molar-refractivity contribution is -0.171. The van der Waals surface area contributed by atoms with Crippen molar-refractivity contribution in [3.8, 4) is 0 Å². The van der Waals surface area contributed by atoms with Gasteiger partial charge in [-0.3, -0.25) is 4.99 Å². The van der Waals surface area contributed by atoms with Crippen molar-refractivity contribution in [2.24, 2.45) is 16.3 Å². The molecule has 3 heterocycles. The molecule has 3 unspecified atom stereocenters. The fourth-order valence-electron chi connectivity index (χ4n) is 5.61. The molecule has 2 aliphatic heterocycles. The van der Waals surface area contributed by atoms with Crippen LogP contribution >= 0.6 is 35.5 Å². The van der Waals surface area contributed by atoms with Gasteiger partial charge in [0.2, 0.25) is 5.13 Å². The van der Waals surface area contributed by atoms with Gasteiger partial charge in [-0.25, -0.2) is 4.98 Å². The zero-order chi connectivity index (χ0) is 19.1. The number of piperazine rings is 1. The molecule has 162 valence electrons. The smallest absolute Gasteiger partial charge is 0.205 e. The van der Waals surface area contributed by atoms with E-state index in [-0.39, 0.29) is 24.0 Å². The first-order valence-corrected chi connectivity index (χ1v) is 11.8. The molecule has 5 rings (SSSR count). The van der Waals surface area contributed by atoms with E-state index in [1.165, 1.54) is 37.2 Å². The second kappa shape index (κ2) is 8.82. The van der Waals surface area contributed by atoms with E-state index < -0.39 is 0 Å². The van der Waals surface area contributed by atoms with Gasteiger partial charge in [-0.15, -0.1) is 24.0 Å². The van der Waals surface area contributed by atoms with E-state index in [0.29, 0.717) is 23.5 Å². The molecule has 3 atom stereocenters. The number of hydrogen-bond donors (Lipinski definition) is 1.